The summed E-state index contributed by atoms with van der Waals surface area (Å²) in [5, 5.41) is 24.9. The quantitative estimate of drug-likeness (QED) is 0.591. The Morgan fingerprint density at radius 3 is 2.50 bits per heavy atom. The summed E-state index contributed by atoms with van der Waals surface area (Å²) in [5.74, 6) is -0.112. The van der Waals surface area contributed by atoms with E-state index in [9.17, 15) is 4.79 Å². The molecule has 0 aromatic carbocycles. The molecule has 90 valence electrons. The number of hydrogen-bond donors (Lipinski definition) is 2. The van der Waals surface area contributed by atoms with Gasteiger partial charge in [-0.15, -0.1) is 5.10 Å². The predicted octanol–water partition coefficient (Wildman–Crippen LogP) is -1.52. The van der Waals surface area contributed by atoms with Crippen LogP contribution in [0.15, 0.2) is 12.4 Å². The van der Waals surface area contributed by atoms with E-state index in [0.29, 0.717) is 6.54 Å². The second kappa shape index (κ2) is 6.91. The van der Waals surface area contributed by atoms with Crippen LogP contribution in [-0.4, -0.2) is 62.3 Å². The summed E-state index contributed by atoms with van der Waals surface area (Å²) < 4.78 is 1.56. The Hall–Kier alpha value is -1.47. The van der Waals surface area contributed by atoms with Crippen molar-refractivity contribution in [2.24, 2.45) is 0 Å². The van der Waals surface area contributed by atoms with Gasteiger partial charge in [-0.3, -0.25) is 9.48 Å². The first-order valence-electron chi connectivity index (χ1n) is 5.11. The van der Waals surface area contributed by atoms with Crippen molar-refractivity contribution in [2.45, 2.75) is 13.0 Å². The number of amides is 1. The maximum absolute atomic E-state index is 11.7. The lowest BCUT2D eigenvalue weighted by atomic mass is 10.3. The topological polar surface area (TPSA) is 91.5 Å². The lowest BCUT2D eigenvalue weighted by Crippen LogP contribution is -2.36. The van der Waals surface area contributed by atoms with E-state index in [0.717, 1.165) is 0 Å². The van der Waals surface area contributed by atoms with Gasteiger partial charge in [-0.1, -0.05) is 5.21 Å². The maximum atomic E-state index is 11.7. The van der Waals surface area contributed by atoms with Crippen LogP contribution in [0.5, 0.6) is 0 Å². The SMILES string of the molecule is O=C(CCn1ccnn1)N(CCO)CCO. The fourth-order valence-corrected chi connectivity index (χ4v) is 1.32. The van der Waals surface area contributed by atoms with Crippen LogP contribution in [0, 0.1) is 0 Å². The van der Waals surface area contributed by atoms with Gasteiger partial charge in [0.25, 0.3) is 0 Å². The Balaban J connectivity index is 2.36. The molecular formula is C9H16N4O3. The van der Waals surface area contributed by atoms with Crippen LogP contribution in [0.25, 0.3) is 0 Å². The lowest BCUT2D eigenvalue weighted by Gasteiger charge is -2.20. The highest BCUT2D eigenvalue weighted by Crippen LogP contribution is 1.96. The van der Waals surface area contributed by atoms with Gasteiger partial charge in [-0.2, -0.15) is 0 Å². The molecule has 7 nitrogen and oxygen atoms in total. The molecule has 2 N–H and O–H groups in total. The van der Waals surface area contributed by atoms with Gasteiger partial charge >= 0.3 is 0 Å². The maximum Gasteiger partial charge on any atom is 0.224 e. The zero-order valence-electron chi connectivity index (χ0n) is 8.99. The van der Waals surface area contributed by atoms with Crippen LogP contribution >= 0.6 is 0 Å². The van der Waals surface area contributed by atoms with Gasteiger partial charge in [-0.05, 0) is 0 Å². The van der Waals surface area contributed by atoms with Gasteiger partial charge in [0.05, 0.1) is 26.0 Å². The van der Waals surface area contributed by atoms with Crippen LogP contribution in [0.1, 0.15) is 6.42 Å². The van der Waals surface area contributed by atoms with Gasteiger partial charge in [-0.25, -0.2) is 0 Å². The molecule has 0 fully saturated rings. The number of nitrogens with zero attached hydrogens (tertiary/aromatic N) is 4. The van der Waals surface area contributed by atoms with Crippen molar-refractivity contribution in [3.05, 3.63) is 12.4 Å². The van der Waals surface area contributed by atoms with Gasteiger partial charge < -0.3 is 15.1 Å². The summed E-state index contributed by atoms with van der Waals surface area (Å²) in [7, 11) is 0. The van der Waals surface area contributed by atoms with Crippen molar-refractivity contribution in [1.29, 1.82) is 0 Å². The first kappa shape index (κ1) is 12.6. The molecule has 1 amide bonds. The number of carbonyl (C=O) groups excluding carboxylic acids is 1. The van der Waals surface area contributed by atoms with Crippen LogP contribution in [0.4, 0.5) is 0 Å². The van der Waals surface area contributed by atoms with Gasteiger partial charge in [0.15, 0.2) is 0 Å². The third-order valence-electron chi connectivity index (χ3n) is 2.12. The number of aliphatic hydroxyl groups excluding tert-OH is 2. The minimum atomic E-state index is -0.112. The van der Waals surface area contributed by atoms with E-state index in [4.69, 9.17) is 10.2 Å². The molecule has 0 aliphatic rings. The molecule has 0 bridgehead atoms. The third kappa shape index (κ3) is 3.95. The molecule has 0 spiro atoms. The number of carbonyl (C=O) groups is 1. The summed E-state index contributed by atoms with van der Waals surface area (Å²) in [5.41, 5.74) is 0. The van der Waals surface area contributed by atoms with Gasteiger partial charge in [0.2, 0.25) is 5.91 Å². The first-order chi connectivity index (χ1) is 7.77. The summed E-state index contributed by atoms with van der Waals surface area (Å²) in [6.07, 6.45) is 3.50. The van der Waals surface area contributed by atoms with E-state index in [1.165, 1.54) is 4.90 Å². The Morgan fingerprint density at radius 1 is 1.31 bits per heavy atom. The minimum Gasteiger partial charge on any atom is -0.395 e. The fourth-order valence-electron chi connectivity index (χ4n) is 1.32. The molecule has 1 rings (SSSR count). The molecular weight excluding hydrogens is 212 g/mol. The van der Waals surface area contributed by atoms with Crippen molar-refractivity contribution < 1.29 is 15.0 Å². The van der Waals surface area contributed by atoms with E-state index >= 15 is 0 Å². The normalized spacial score (nSPS) is 10.4. The molecule has 16 heavy (non-hydrogen) atoms. The Bertz CT molecular complexity index is 296. The first-order valence-corrected chi connectivity index (χ1v) is 5.11. The zero-order valence-corrected chi connectivity index (χ0v) is 8.99. The van der Waals surface area contributed by atoms with Crippen LogP contribution in [-0.2, 0) is 11.3 Å². The number of hydrogen-bond acceptors (Lipinski definition) is 5. The Morgan fingerprint density at radius 2 is 2.00 bits per heavy atom. The molecule has 1 aromatic heterocycles. The standard InChI is InChI=1S/C9H16N4O3/c14-7-5-12(6-8-15)9(16)1-3-13-4-2-10-11-13/h2,4,14-15H,1,3,5-8H2. The molecule has 0 aliphatic carbocycles. The molecule has 0 saturated carbocycles. The smallest absolute Gasteiger partial charge is 0.224 e. The van der Waals surface area contributed by atoms with E-state index in [1.807, 2.05) is 0 Å². The monoisotopic (exact) mass is 228 g/mol. The van der Waals surface area contributed by atoms with E-state index in [1.54, 1.807) is 17.1 Å². The second-order valence-corrected chi connectivity index (χ2v) is 3.24. The van der Waals surface area contributed by atoms with Gasteiger partial charge in [0.1, 0.15) is 0 Å². The highest BCUT2D eigenvalue weighted by Gasteiger charge is 2.12. The molecule has 0 saturated heterocycles. The molecule has 0 atom stereocenters. The third-order valence-corrected chi connectivity index (χ3v) is 2.12. The minimum absolute atomic E-state index is 0.102. The highest BCUT2D eigenvalue weighted by molar-refractivity contribution is 5.76. The summed E-state index contributed by atoms with van der Waals surface area (Å²) in [6.45, 7) is 0.740. The van der Waals surface area contributed by atoms with Crippen molar-refractivity contribution in [2.75, 3.05) is 26.3 Å². The molecule has 0 aliphatic heterocycles. The van der Waals surface area contributed by atoms with Crippen molar-refractivity contribution in [3.63, 3.8) is 0 Å². The number of aromatic nitrogens is 3. The average Bonchev–Trinajstić information content (AvgIpc) is 2.78. The van der Waals surface area contributed by atoms with Crippen molar-refractivity contribution in [1.82, 2.24) is 19.9 Å². The molecule has 0 radical (unpaired) electrons. The van der Waals surface area contributed by atoms with E-state index in [2.05, 4.69) is 10.3 Å². The van der Waals surface area contributed by atoms with E-state index < -0.39 is 0 Å². The second-order valence-electron chi connectivity index (χ2n) is 3.24. The summed E-state index contributed by atoms with van der Waals surface area (Å²) in [6, 6.07) is 0. The zero-order chi connectivity index (χ0) is 11.8. The van der Waals surface area contributed by atoms with Crippen molar-refractivity contribution >= 4 is 5.91 Å². The lowest BCUT2D eigenvalue weighted by molar-refractivity contribution is -0.132. The molecule has 0 unspecified atom stereocenters. The van der Waals surface area contributed by atoms with Crippen molar-refractivity contribution in [3.8, 4) is 0 Å². The average molecular weight is 228 g/mol. The predicted molar refractivity (Wildman–Crippen MR) is 55.4 cm³/mol. The Labute approximate surface area is 93.3 Å². The fraction of sp³-hybridized carbons (Fsp3) is 0.667. The van der Waals surface area contributed by atoms with Gasteiger partial charge in [0, 0.05) is 25.7 Å². The molecule has 7 heteroatoms. The van der Waals surface area contributed by atoms with E-state index in [-0.39, 0.29) is 38.6 Å². The van der Waals surface area contributed by atoms with Crippen LogP contribution in [0.3, 0.4) is 0 Å². The van der Waals surface area contributed by atoms with Crippen LogP contribution in [0.2, 0.25) is 0 Å². The number of rotatable bonds is 7. The summed E-state index contributed by atoms with van der Waals surface area (Å²) in [4.78, 5) is 13.1. The number of aryl methyl sites for hydroxylation is 1. The molecule has 1 heterocycles. The molecule has 1 aromatic rings. The van der Waals surface area contributed by atoms with Crippen LogP contribution < -0.4 is 0 Å². The highest BCUT2D eigenvalue weighted by atomic mass is 16.3. The largest absolute Gasteiger partial charge is 0.395 e. The number of aliphatic hydroxyl groups is 2. The Kier molecular flexibility index (Phi) is 5.44. The summed E-state index contributed by atoms with van der Waals surface area (Å²) >= 11 is 0.